The van der Waals surface area contributed by atoms with E-state index < -0.39 is 10.0 Å². The van der Waals surface area contributed by atoms with Crippen molar-refractivity contribution >= 4 is 43.0 Å². The van der Waals surface area contributed by atoms with Crippen molar-refractivity contribution in [1.82, 2.24) is 0 Å². The summed E-state index contributed by atoms with van der Waals surface area (Å²) >= 11 is 4.62. The maximum Gasteiger partial charge on any atom is 0.263 e. The van der Waals surface area contributed by atoms with Gasteiger partial charge >= 0.3 is 0 Å². The van der Waals surface area contributed by atoms with Crippen molar-refractivity contribution in [3.05, 3.63) is 44.1 Å². The van der Waals surface area contributed by atoms with Gasteiger partial charge in [-0.3, -0.25) is 4.72 Å². The van der Waals surface area contributed by atoms with E-state index in [1.807, 2.05) is 32.0 Å². The predicted molar refractivity (Wildman–Crippen MR) is 86.6 cm³/mol. The molecule has 0 amide bonds. The highest BCUT2D eigenvalue weighted by Crippen LogP contribution is 2.33. The van der Waals surface area contributed by atoms with Crippen LogP contribution in [0.15, 0.2) is 32.9 Å². The molecule has 0 spiro atoms. The minimum atomic E-state index is -3.61. The highest BCUT2D eigenvalue weighted by molar-refractivity contribution is 9.11. The van der Waals surface area contributed by atoms with Crippen LogP contribution in [0.4, 0.5) is 5.69 Å². The average Bonchev–Trinajstić information content (AvgIpc) is 2.76. The topological polar surface area (TPSA) is 72.2 Å². The zero-order valence-corrected chi connectivity index (χ0v) is 14.3. The molecule has 4 nitrogen and oxygen atoms in total. The van der Waals surface area contributed by atoms with Crippen LogP contribution < -0.4 is 10.5 Å². The summed E-state index contributed by atoms with van der Waals surface area (Å²) in [5, 5.41) is 0. The molecule has 0 saturated heterocycles. The standard InChI is InChI=1S/C13H15BrN2O2S2/c1-8-3-4-9(2)11(5-8)16-20(17,18)12-6-10(7-15)19-13(12)14/h3-6,16H,7,15H2,1-2H3. The number of anilines is 1. The number of sulfonamides is 1. The average molecular weight is 375 g/mol. The molecule has 0 atom stereocenters. The lowest BCUT2D eigenvalue weighted by Crippen LogP contribution is -2.13. The number of nitrogens with one attached hydrogen (secondary N) is 1. The fourth-order valence-electron chi connectivity index (χ4n) is 1.73. The number of hydrogen-bond donors (Lipinski definition) is 2. The number of halogens is 1. The quantitative estimate of drug-likeness (QED) is 0.861. The van der Waals surface area contributed by atoms with E-state index in [4.69, 9.17) is 5.73 Å². The molecule has 20 heavy (non-hydrogen) atoms. The molecule has 0 unspecified atom stereocenters. The molecule has 0 aliphatic rings. The second-order valence-corrected chi connectivity index (χ2v) is 8.58. The van der Waals surface area contributed by atoms with E-state index in [2.05, 4.69) is 20.7 Å². The lowest BCUT2D eigenvalue weighted by molar-refractivity contribution is 0.601. The van der Waals surface area contributed by atoms with E-state index in [1.165, 1.54) is 11.3 Å². The molecule has 0 radical (unpaired) electrons. The van der Waals surface area contributed by atoms with E-state index >= 15 is 0 Å². The lowest BCUT2D eigenvalue weighted by atomic mass is 10.1. The Kier molecular flexibility index (Phi) is 4.53. The summed E-state index contributed by atoms with van der Waals surface area (Å²) in [5.41, 5.74) is 8.02. The molecule has 1 aromatic heterocycles. The van der Waals surface area contributed by atoms with Crippen molar-refractivity contribution in [1.29, 1.82) is 0 Å². The number of aryl methyl sites for hydroxylation is 2. The second kappa shape index (κ2) is 5.85. The van der Waals surface area contributed by atoms with Gasteiger partial charge in [-0.05, 0) is 53.0 Å². The van der Waals surface area contributed by atoms with E-state index in [-0.39, 0.29) is 4.90 Å². The minimum Gasteiger partial charge on any atom is -0.326 e. The molecule has 0 saturated carbocycles. The van der Waals surface area contributed by atoms with Gasteiger partial charge in [0.1, 0.15) is 4.90 Å². The first kappa shape index (κ1) is 15.5. The maximum atomic E-state index is 12.4. The summed E-state index contributed by atoms with van der Waals surface area (Å²) in [6.07, 6.45) is 0. The first-order chi connectivity index (χ1) is 9.33. The number of nitrogens with two attached hydrogens (primary N) is 1. The molecule has 1 aromatic carbocycles. The zero-order valence-electron chi connectivity index (χ0n) is 11.1. The van der Waals surface area contributed by atoms with Crippen molar-refractivity contribution in [3.63, 3.8) is 0 Å². The largest absolute Gasteiger partial charge is 0.326 e. The maximum absolute atomic E-state index is 12.4. The number of hydrogen-bond acceptors (Lipinski definition) is 4. The third-order valence-corrected chi connectivity index (χ3v) is 6.47. The van der Waals surface area contributed by atoms with Crippen LogP contribution in [-0.2, 0) is 16.6 Å². The monoisotopic (exact) mass is 374 g/mol. The van der Waals surface area contributed by atoms with Crippen LogP contribution in [0.1, 0.15) is 16.0 Å². The number of benzene rings is 1. The van der Waals surface area contributed by atoms with Crippen LogP contribution in [0.5, 0.6) is 0 Å². The van der Waals surface area contributed by atoms with Crippen molar-refractivity contribution in [2.24, 2.45) is 5.73 Å². The lowest BCUT2D eigenvalue weighted by Gasteiger charge is -2.10. The molecule has 3 N–H and O–H groups in total. The summed E-state index contributed by atoms with van der Waals surface area (Å²) in [5.74, 6) is 0. The van der Waals surface area contributed by atoms with Gasteiger partial charge in [-0.25, -0.2) is 8.42 Å². The summed E-state index contributed by atoms with van der Waals surface area (Å²) in [6, 6.07) is 7.25. The third kappa shape index (κ3) is 3.22. The fourth-order valence-corrected chi connectivity index (χ4v) is 5.41. The van der Waals surface area contributed by atoms with Crippen LogP contribution in [-0.4, -0.2) is 8.42 Å². The van der Waals surface area contributed by atoms with Gasteiger partial charge in [0.25, 0.3) is 10.0 Å². The minimum absolute atomic E-state index is 0.226. The predicted octanol–water partition coefficient (Wildman–Crippen LogP) is 3.39. The Morgan fingerprint density at radius 3 is 2.60 bits per heavy atom. The van der Waals surface area contributed by atoms with E-state index in [0.717, 1.165) is 16.0 Å². The Labute approximate surface area is 131 Å². The second-order valence-electron chi connectivity index (χ2n) is 4.48. The highest BCUT2D eigenvalue weighted by atomic mass is 79.9. The van der Waals surface area contributed by atoms with Gasteiger partial charge in [0.05, 0.1) is 9.47 Å². The summed E-state index contributed by atoms with van der Waals surface area (Å²) < 4.78 is 28.1. The number of rotatable bonds is 4. The van der Waals surface area contributed by atoms with Crippen LogP contribution in [0.3, 0.4) is 0 Å². The molecule has 0 aliphatic heterocycles. The van der Waals surface area contributed by atoms with Crippen molar-refractivity contribution in [2.75, 3.05) is 4.72 Å². The molecule has 1 heterocycles. The molecule has 7 heteroatoms. The Hall–Kier alpha value is -0.890. The summed E-state index contributed by atoms with van der Waals surface area (Å²) in [6.45, 7) is 4.11. The molecule has 108 valence electrons. The van der Waals surface area contributed by atoms with Crippen LogP contribution in [0.25, 0.3) is 0 Å². The first-order valence-corrected chi connectivity index (χ1v) is 9.01. The van der Waals surface area contributed by atoms with E-state index in [1.54, 1.807) is 6.07 Å². The Balaban J connectivity index is 2.40. The number of thiophene rings is 1. The van der Waals surface area contributed by atoms with Crippen LogP contribution in [0.2, 0.25) is 0 Å². The van der Waals surface area contributed by atoms with Crippen molar-refractivity contribution in [3.8, 4) is 0 Å². The van der Waals surface area contributed by atoms with Crippen molar-refractivity contribution < 1.29 is 8.42 Å². The van der Waals surface area contributed by atoms with Crippen molar-refractivity contribution in [2.45, 2.75) is 25.3 Å². The Morgan fingerprint density at radius 2 is 2.00 bits per heavy atom. The molecule has 0 aliphatic carbocycles. The third-order valence-electron chi connectivity index (χ3n) is 2.83. The van der Waals surface area contributed by atoms with E-state index in [9.17, 15) is 8.42 Å². The molecule has 0 fully saturated rings. The highest BCUT2D eigenvalue weighted by Gasteiger charge is 2.21. The molecule has 2 rings (SSSR count). The van der Waals surface area contributed by atoms with Gasteiger partial charge in [-0.2, -0.15) is 0 Å². The SMILES string of the molecule is Cc1ccc(C)c(NS(=O)(=O)c2cc(CN)sc2Br)c1. The van der Waals surface area contributed by atoms with Gasteiger partial charge in [0, 0.05) is 11.4 Å². The van der Waals surface area contributed by atoms with E-state index in [0.29, 0.717) is 16.0 Å². The zero-order chi connectivity index (χ0) is 14.9. The Morgan fingerprint density at radius 1 is 1.30 bits per heavy atom. The van der Waals surface area contributed by atoms with Gasteiger partial charge in [0.15, 0.2) is 0 Å². The van der Waals surface area contributed by atoms with Crippen LogP contribution in [0, 0.1) is 13.8 Å². The normalized spacial score (nSPS) is 11.6. The first-order valence-electron chi connectivity index (χ1n) is 5.92. The van der Waals surface area contributed by atoms with Gasteiger partial charge < -0.3 is 5.73 Å². The fraction of sp³-hybridized carbons (Fsp3) is 0.231. The smallest absolute Gasteiger partial charge is 0.263 e. The summed E-state index contributed by atoms with van der Waals surface area (Å²) in [4.78, 5) is 1.04. The van der Waals surface area contributed by atoms with Gasteiger partial charge in [-0.1, -0.05) is 12.1 Å². The van der Waals surface area contributed by atoms with Gasteiger partial charge in [0.2, 0.25) is 0 Å². The van der Waals surface area contributed by atoms with Crippen LogP contribution >= 0.6 is 27.3 Å². The summed E-state index contributed by atoms with van der Waals surface area (Å²) in [7, 11) is -3.61. The molecule has 2 aromatic rings. The van der Waals surface area contributed by atoms with Gasteiger partial charge in [-0.15, -0.1) is 11.3 Å². The molecular weight excluding hydrogens is 360 g/mol. The molecule has 0 bridgehead atoms. The molecular formula is C13H15BrN2O2S2. The Bertz CT molecular complexity index is 739.